The van der Waals surface area contributed by atoms with Crippen LogP contribution in [0.5, 0.6) is 0 Å². The van der Waals surface area contributed by atoms with Crippen molar-refractivity contribution in [2.75, 3.05) is 0 Å². The SMILES string of the molecule is Fc1ccc2c(c1)c1cc([Si](c3ccccc3)(c3ccccc3)c3ccc(-c4ccccc4)cc3)ccc1n2-c1ccccc1. The van der Waals surface area contributed by atoms with Crippen molar-refractivity contribution in [3.63, 3.8) is 0 Å². The molecule has 214 valence electrons. The van der Waals surface area contributed by atoms with E-state index in [4.69, 9.17) is 0 Å². The molecule has 1 aromatic heterocycles. The van der Waals surface area contributed by atoms with Gasteiger partial charge in [-0.15, -0.1) is 0 Å². The molecule has 1 nitrogen and oxygen atoms in total. The Kier molecular flexibility index (Phi) is 6.74. The third-order valence-corrected chi connectivity index (χ3v) is 13.8. The second-order valence-electron chi connectivity index (χ2n) is 11.5. The maximum absolute atomic E-state index is 14.9. The molecular weight excluding hydrogens is 566 g/mol. The molecule has 0 bridgehead atoms. The minimum Gasteiger partial charge on any atom is -0.309 e. The lowest BCUT2D eigenvalue weighted by Gasteiger charge is -2.34. The Bertz CT molecular complexity index is 2200. The predicted octanol–water partition coefficient (Wildman–Crippen LogP) is 7.97. The molecular formula is C42H30FNSi. The van der Waals surface area contributed by atoms with Gasteiger partial charge >= 0.3 is 0 Å². The van der Waals surface area contributed by atoms with Crippen molar-refractivity contribution in [1.29, 1.82) is 0 Å². The average molecular weight is 596 g/mol. The fourth-order valence-corrected chi connectivity index (χ4v) is 11.7. The first-order chi connectivity index (χ1) is 22.2. The van der Waals surface area contributed by atoms with E-state index in [1.165, 1.54) is 31.9 Å². The molecule has 8 aromatic rings. The van der Waals surface area contributed by atoms with Crippen molar-refractivity contribution in [3.8, 4) is 16.8 Å². The minimum absolute atomic E-state index is 0.230. The van der Waals surface area contributed by atoms with Crippen LogP contribution in [0.1, 0.15) is 0 Å². The highest BCUT2D eigenvalue weighted by molar-refractivity contribution is 7.20. The minimum atomic E-state index is -2.82. The van der Waals surface area contributed by atoms with Gasteiger partial charge in [-0.2, -0.15) is 0 Å². The van der Waals surface area contributed by atoms with E-state index in [1.807, 2.05) is 24.3 Å². The fraction of sp³-hybridized carbons (Fsp3) is 0. The summed E-state index contributed by atoms with van der Waals surface area (Å²) >= 11 is 0. The van der Waals surface area contributed by atoms with Gasteiger partial charge in [-0.05, 0) is 68.3 Å². The van der Waals surface area contributed by atoms with Crippen molar-refractivity contribution in [2.24, 2.45) is 0 Å². The maximum Gasteiger partial charge on any atom is 0.179 e. The Labute approximate surface area is 263 Å². The topological polar surface area (TPSA) is 4.93 Å². The standard InChI is InChI=1S/C42H30FNSi/c43-33-23-27-41-39(29-33)40-30-38(26-28-42(40)44(41)34-15-7-2-8-16-34)45(35-17-9-3-10-18-35,36-19-11-4-12-20-36)37-24-21-32(22-25-37)31-13-5-1-6-14-31/h1-30H. The van der Waals surface area contributed by atoms with Gasteiger partial charge in [0.25, 0.3) is 0 Å². The number of benzene rings is 7. The maximum atomic E-state index is 14.9. The lowest BCUT2D eigenvalue weighted by molar-refractivity contribution is 0.629. The Balaban J connectivity index is 1.45. The highest BCUT2D eigenvalue weighted by Crippen LogP contribution is 2.32. The van der Waals surface area contributed by atoms with Crippen LogP contribution in [0.2, 0.25) is 0 Å². The summed E-state index contributed by atoms with van der Waals surface area (Å²) in [6.07, 6.45) is 0. The summed E-state index contributed by atoms with van der Waals surface area (Å²) in [5.41, 5.74) is 5.51. The van der Waals surface area contributed by atoms with Gasteiger partial charge in [-0.25, -0.2) is 4.39 Å². The lowest BCUT2D eigenvalue weighted by atomic mass is 10.1. The molecule has 0 aliphatic rings. The van der Waals surface area contributed by atoms with Gasteiger partial charge in [-0.3, -0.25) is 0 Å². The van der Waals surface area contributed by atoms with Gasteiger partial charge in [0.2, 0.25) is 0 Å². The molecule has 0 amide bonds. The Morgan fingerprint density at radius 1 is 0.378 bits per heavy atom. The first-order valence-corrected chi connectivity index (χ1v) is 17.3. The third-order valence-electron chi connectivity index (χ3n) is 9.01. The molecule has 7 aromatic carbocycles. The lowest BCUT2D eigenvalue weighted by Crippen LogP contribution is -2.74. The molecule has 0 spiro atoms. The Morgan fingerprint density at radius 3 is 1.42 bits per heavy atom. The number of hydrogen-bond donors (Lipinski definition) is 0. The van der Waals surface area contributed by atoms with Crippen molar-refractivity contribution >= 4 is 50.6 Å². The average Bonchev–Trinajstić information content (AvgIpc) is 3.43. The molecule has 0 saturated heterocycles. The van der Waals surface area contributed by atoms with E-state index >= 15 is 0 Å². The van der Waals surface area contributed by atoms with Crippen LogP contribution in [0.4, 0.5) is 4.39 Å². The van der Waals surface area contributed by atoms with Gasteiger partial charge in [0.15, 0.2) is 8.07 Å². The van der Waals surface area contributed by atoms with E-state index in [2.05, 4.69) is 150 Å². The van der Waals surface area contributed by atoms with E-state index in [-0.39, 0.29) is 5.82 Å². The van der Waals surface area contributed by atoms with E-state index in [9.17, 15) is 4.39 Å². The van der Waals surface area contributed by atoms with Crippen LogP contribution < -0.4 is 20.7 Å². The molecule has 45 heavy (non-hydrogen) atoms. The quantitative estimate of drug-likeness (QED) is 0.136. The van der Waals surface area contributed by atoms with Crippen LogP contribution in [0.25, 0.3) is 38.6 Å². The molecule has 3 heteroatoms. The van der Waals surface area contributed by atoms with Crippen molar-refractivity contribution in [1.82, 2.24) is 4.57 Å². The second kappa shape index (κ2) is 11.2. The summed E-state index contributed by atoms with van der Waals surface area (Å²) in [6.45, 7) is 0. The number of aromatic nitrogens is 1. The molecule has 0 atom stereocenters. The zero-order valence-corrected chi connectivity index (χ0v) is 25.6. The van der Waals surface area contributed by atoms with E-state index in [1.54, 1.807) is 12.1 Å². The predicted molar refractivity (Wildman–Crippen MR) is 190 cm³/mol. The molecule has 0 radical (unpaired) electrons. The largest absolute Gasteiger partial charge is 0.309 e. The summed E-state index contributed by atoms with van der Waals surface area (Å²) in [6, 6.07) is 64.0. The van der Waals surface area contributed by atoms with Crippen molar-refractivity contribution < 1.29 is 4.39 Å². The number of hydrogen-bond acceptors (Lipinski definition) is 0. The molecule has 0 aliphatic carbocycles. The van der Waals surface area contributed by atoms with E-state index < -0.39 is 8.07 Å². The normalized spacial score (nSPS) is 11.7. The number of fused-ring (bicyclic) bond motifs is 3. The van der Waals surface area contributed by atoms with Gasteiger partial charge in [0.05, 0.1) is 11.0 Å². The Hall–Kier alpha value is -5.51. The fourth-order valence-electron chi connectivity index (χ4n) is 7.00. The number of para-hydroxylation sites is 1. The number of nitrogens with zero attached hydrogens (tertiary/aromatic N) is 1. The van der Waals surface area contributed by atoms with Gasteiger partial charge < -0.3 is 4.57 Å². The first-order valence-electron chi connectivity index (χ1n) is 15.3. The number of rotatable bonds is 6. The van der Waals surface area contributed by atoms with Crippen LogP contribution in [0.3, 0.4) is 0 Å². The highest BCUT2D eigenvalue weighted by Gasteiger charge is 2.41. The highest BCUT2D eigenvalue weighted by atomic mass is 28.3. The van der Waals surface area contributed by atoms with E-state index in [0.717, 1.165) is 27.5 Å². The van der Waals surface area contributed by atoms with Crippen LogP contribution in [-0.4, -0.2) is 12.6 Å². The summed E-state index contributed by atoms with van der Waals surface area (Å²) in [5, 5.41) is 7.14. The summed E-state index contributed by atoms with van der Waals surface area (Å²) in [5.74, 6) is -0.230. The van der Waals surface area contributed by atoms with E-state index in [0.29, 0.717) is 0 Å². The number of halogens is 1. The first kappa shape index (κ1) is 27.1. The summed E-state index contributed by atoms with van der Waals surface area (Å²) in [4.78, 5) is 0. The zero-order chi connectivity index (χ0) is 30.2. The smallest absolute Gasteiger partial charge is 0.179 e. The third kappa shape index (κ3) is 4.52. The monoisotopic (exact) mass is 595 g/mol. The molecule has 0 saturated carbocycles. The van der Waals surface area contributed by atoms with Gasteiger partial charge in [0, 0.05) is 16.5 Å². The van der Waals surface area contributed by atoms with Gasteiger partial charge in [-0.1, -0.05) is 146 Å². The van der Waals surface area contributed by atoms with Crippen LogP contribution in [0, 0.1) is 5.82 Å². The van der Waals surface area contributed by atoms with Crippen molar-refractivity contribution in [3.05, 3.63) is 188 Å². The summed E-state index contributed by atoms with van der Waals surface area (Å²) < 4.78 is 17.1. The van der Waals surface area contributed by atoms with Crippen LogP contribution in [0.15, 0.2) is 182 Å². The van der Waals surface area contributed by atoms with Crippen LogP contribution >= 0.6 is 0 Å². The van der Waals surface area contributed by atoms with Gasteiger partial charge in [0.1, 0.15) is 5.82 Å². The Morgan fingerprint density at radius 2 is 0.822 bits per heavy atom. The molecule has 0 N–H and O–H groups in total. The molecule has 1 heterocycles. The summed E-state index contributed by atoms with van der Waals surface area (Å²) in [7, 11) is -2.82. The zero-order valence-electron chi connectivity index (χ0n) is 24.6. The molecule has 0 aliphatic heterocycles. The molecule has 0 fully saturated rings. The molecule has 8 rings (SSSR count). The second-order valence-corrected chi connectivity index (χ2v) is 15.3. The van der Waals surface area contributed by atoms with Crippen molar-refractivity contribution in [2.45, 2.75) is 0 Å². The molecule has 0 unspecified atom stereocenters. The van der Waals surface area contributed by atoms with Crippen LogP contribution in [-0.2, 0) is 0 Å².